The number of carbonyl (C=O) groups is 1. The quantitative estimate of drug-likeness (QED) is 0.519. The number of nitro benzene ring substituents is 1. The molecule has 0 aliphatic rings. The van der Waals surface area contributed by atoms with Gasteiger partial charge in [-0.25, -0.2) is 0 Å². The molecule has 0 aliphatic carbocycles. The van der Waals surface area contributed by atoms with Crippen LogP contribution in [-0.4, -0.2) is 10.8 Å². The Hall–Kier alpha value is -2.66. The lowest BCUT2D eigenvalue weighted by Crippen LogP contribution is -2.12. The number of benzene rings is 2. The number of nitrogens with zero attached hydrogens (tertiary/aromatic N) is 1. The van der Waals surface area contributed by atoms with Crippen LogP contribution in [0.4, 0.5) is 11.4 Å². The van der Waals surface area contributed by atoms with Gasteiger partial charge in [-0.3, -0.25) is 14.9 Å². The third-order valence-corrected chi connectivity index (χ3v) is 3.26. The van der Waals surface area contributed by atoms with E-state index in [1.807, 2.05) is 30.3 Å². The molecular weight excluding hydrogens is 304 g/mol. The van der Waals surface area contributed by atoms with Crippen LogP contribution in [0.5, 0.6) is 0 Å². The zero-order valence-corrected chi connectivity index (χ0v) is 12.5. The molecule has 0 saturated heterocycles. The van der Waals surface area contributed by atoms with Gasteiger partial charge in [-0.05, 0) is 30.7 Å². The first kappa shape index (κ1) is 15.7. The Kier molecular flexibility index (Phi) is 4.91. The Balaban J connectivity index is 2.17. The van der Waals surface area contributed by atoms with Crippen molar-refractivity contribution in [2.45, 2.75) is 6.92 Å². The number of hydrogen-bond donors (Lipinski definition) is 1. The summed E-state index contributed by atoms with van der Waals surface area (Å²) < 4.78 is 0. The van der Waals surface area contributed by atoms with Crippen molar-refractivity contribution in [3.63, 3.8) is 0 Å². The van der Waals surface area contributed by atoms with E-state index in [1.54, 1.807) is 13.0 Å². The molecule has 22 heavy (non-hydrogen) atoms. The number of anilines is 1. The average molecular weight is 317 g/mol. The first-order valence-electron chi connectivity index (χ1n) is 6.46. The minimum absolute atomic E-state index is 0.0274. The van der Waals surface area contributed by atoms with Crippen LogP contribution in [0.15, 0.2) is 54.1 Å². The zero-order valence-electron chi connectivity index (χ0n) is 11.7. The van der Waals surface area contributed by atoms with Gasteiger partial charge in [0.15, 0.2) is 0 Å². The van der Waals surface area contributed by atoms with Crippen molar-refractivity contribution in [2.24, 2.45) is 0 Å². The van der Waals surface area contributed by atoms with Gasteiger partial charge in [-0.15, -0.1) is 0 Å². The van der Waals surface area contributed by atoms with Crippen molar-refractivity contribution in [1.29, 1.82) is 0 Å². The standard InChI is InChI=1S/C16H13ClN2O3/c1-11(9-12-5-3-2-4-6-12)16(20)18-13-7-8-14(17)15(10-13)19(21)22/h2-10H,1H3,(H,18,20)/b11-9-. The first-order valence-corrected chi connectivity index (χ1v) is 6.84. The van der Waals surface area contributed by atoms with E-state index in [0.717, 1.165) is 5.56 Å². The SMILES string of the molecule is C/C(=C/c1ccccc1)C(=O)Nc1ccc(Cl)c([N+](=O)[O-])c1. The van der Waals surface area contributed by atoms with Crippen LogP contribution in [0.25, 0.3) is 6.08 Å². The van der Waals surface area contributed by atoms with Gasteiger partial charge in [-0.2, -0.15) is 0 Å². The van der Waals surface area contributed by atoms with Crippen LogP contribution in [-0.2, 0) is 4.79 Å². The molecule has 0 aliphatic heterocycles. The number of nitro groups is 1. The minimum atomic E-state index is -0.593. The average Bonchev–Trinajstić information content (AvgIpc) is 2.49. The highest BCUT2D eigenvalue weighted by Gasteiger charge is 2.14. The molecule has 0 bridgehead atoms. The van der Waals surface area contributed by atoms with E-state index in [0.29, 0.717) is 11.3 Å². The van der Waals surface area contributed by atoms with Crippen molar-refractivity contribution >= 4 is 35.0 Å². The Morgan fingerprint density at radius 3 is 2.55 bits per heavy atom. The summed E-state index contributed by atoms with van der Waals surface area (Å²) in [5.74, 6) is -0.333. The molecule has 0 radical (unpaired) electrons. The van der Waals surface area contributed by atoms with Crippen LogP contribution < -0.4 is 5.32 Å². The van der Waals surface area contributed by atoms with Crippen LogP contribution in [0.3, 0.4) is 0 Å². The molecule has 0 heterocycles. The third-order valence-electron chi connectivity index (χ3n) is 2.94. The van der Waals surface area contributed by atoms with Crippen molar-refractivity contribution in [1.82, 2.24) is 0 Å². The van der Waals surface area contributed by atoms with Crippen LogP contribution in [0, 0.1) is 10.1 Å². The number of carbonyl (C=O) groups excluding carboxylic acids is 1. The molecule has 0 spiro atoms. The summed E-state index contributed by atoms with van der Waals surface area (Å²) in [5, 5.41) is 13.5. The fraction of sp³-hybridized carbons (Fsp3) is 0.0625. The molecule has 0 atom stereocenters. The highest BCUT2D eigenvalue weighted by Crippen LogP contribution is 2.27. The Morgan fingerprint density at radius 2 is 1.91 bits per heavy atom. The summed E-state index contributed by atoms with van der Waals surface area (Å²) in [6.07, 6.45) is 1.74. The largest absolute Gasteiger partial charge is 0.322 e. The fourth-order valence-electron chi connectivity index (χ4n) is 1.82. The lowest BCUT2D eigenvalue weighted by Gasteiger charge is -2.06. The maximum Gasteiger partial charge on any atom is 0.289 e. The zero-order chi connectivity index (χ0) is 16.1. The molecule has 5 nitrogen and oxygen atoms in total. The Morgan fingerprint density at radius 1 is 1.23 bits per heavy atom. The van der Waals surface area contributed by atoms with Crippen LogP contribution >= 0.6 is 11.6 Å². The molecule has 0 unspecified atom stereocenters. The Labute approximate surface area is 132 Å². The highest BCUT2D eigenvalue weighted by atomic mass is 35.5. The van der Waals surface area contributed by atoms with E-state index in [2.05, 4.69) is 5.32 Å². The number of nitrogens with one attached hydrogen (secondary N) is 1. The lowest BCUT2D eigenvalue weighted by atomic mass is 10.1. The number of rotatable bonds is 4. The smallest absolute Gasteiger partial charge is 0.289 e. The van der Waals surface area contributed by atoms with Gasteiger partial charge in [0.25, 0.3) is 11.6 Å². The molecule has 6 heteroatoms. The molecule has 0 fully saturated rings. The van der Waals surface area contributed by atoms with Gasteiger partial charge in [-0.1, -0.05) is 41.9 Å². The second-order valence-corrected chi connectivity index (χ2v) is 5.02. The van der Waals surface area contributed by atoms with Gasteiger partial charge >= 0.3 is 0 Å². The van der Waals surface area contributed by atoms with Crippen LogP contribution in [0.1, 0.15) is 12.5 Å². The molecule has 2 rings (SSSR count). The number of amides is 1. The summed E-state index contributed by atoms with van der Waals surface area (Å²) in [5.41, 5.74) is 1.46. The lowest BCUT2D eigenvalue weighted by molar-refractivity contribution is -0.384. The van der Waals surface area contributed by atoms with Crippen LogP contribution in [0.2, 0.25) is 5.02 Å². The van der Waals surface area contributed by atoms with Gasteiger partial charge in [0, 0.05) is 17.3 Å². The van der Waals surface area contributed by atoms with Crippen molar-refractivity contribution < 1.29 is 9.72 Å². The topological polar surface area (TPSA) is 72.2 Å². The number of halogens is 1. The molecule has 2 aromatic carbocycles. The van der Waals surface area contributed by atoms with Crippen molar-refractivity contribution in [2.75, 3.05) is 5.32 Å². The van der Waals surface area contributed by atoms with E-state index in [9.17, 15) is 14.9 Å². The molecule has 1 amide bonds. The normalized spacial score (nSPS) is 11.1. The second-order valence-electron chi connectivity index (χ2n) is 4.62. The summed E-state index contributed by atoms with van der Waals surface area (Å²) in [4.78, 5) is 22.3. The molecule has 2 aromatic rings. The summed E-state index contributed by atoms with van der Waals surface area (Å²) in [7, 11) is 0. The monoisotopic (exact) mass is 316 g/mol. The maximum absolute atomic E-state index is 12.1. The van der Waals surface area contributed by atoms with Gasteiger partial charge in [0.2, 0.25) is 0 Å². The molecular formula is C16H13ClN2O3. The third kappa shape index (κ3) is 3.93. The van der Waals surface area contributed by atoms with Gasteiger partial charge in [0.1, 0.15) is 5.02 Å². The molecule has 0 aromatic heterocycles. The molecule has 1 N–H and O–H groups in total. The number of hydrogen-bond acceptors (Lipinski definition) is 3. The van der Waals surface area contributed by atoms with E-state index in [4.69, 9.17) is 11.6 Å². The summed E-state index contributed by atoms with van der Waals surface area (Å²) in [6, 6.07) is 13.5. The predicted molar refractivity (Wildman–Crippen MR) is 86.8 cm³/mol. The Bertz CT molecular complexity index is 742. The summed E-state index contributed by atoms with van der Waals surface area (Å²) in [6.45, 7) is 1.67. The van der Waals surface area contributed by atoms with E-state index < -0.39 is 4.92 Å². The van der Waals surface area contributed by atoms with E-state index >= 15 is 0 Å². The predicted octanol–water partition coefficient (Wildman–Crippen LogP) is 4.29. The van der Waals surface area contributed by atoms with Crippen molar-refractivity contribution in [3.05, 3.63) is 74.8 Å². The first-order chi connectivity index (χ1) is 10.5. The fourth-order valence-corrected chi connectivity index (χ4v) is 2.01. The van der Waals surface area contributed by atoms with E-state index in [1.165, 1.54) is 18.2 Å². The van der Waals surface area contributed by atoms with Crippen molar-refractivity contribution in [3.8, 4) is 0 Å². The molecule has 0 saturated carbocycles. The van der Waals surface area contributed by atoms with Gasteiger partial charge < -0.3 is 5.32 Å². The van der Waals surface area contributed by atoms with E-state index in [-0.39, 0.29) is 16.6 Å². The minimum Gasteiger partial charge on any atom is -0.322 e. The summed E-state index contributed by atoms with van der Waals surface area (Å²) >= 11 is 5.73. The highest BCUT2D eigenvalue weighted by molar-refractivity contribution is 6.32. The molecule has 112 valence electrons. The maximum atomic E-state index is 12.1. The second kappa shape index (κ2) is 6.87. The van der Waals surface area contributed by atoms with Gasteiger partial charge in [0.05, 0.1) is 4.92 Å².